The highest BCUT2D eigenvalue weighted by Gasteiger charge is 2.53. The van der Waals surface area contributed by atoms with Gasteiger partial charge in [0, 0.05) is 35.4 Å². The van der Waals surface area contributed by atoms with Crippen LogP contribution >= 0.6 is 0 Å². The summed E-state index contributed by atoms with van der Waals surface area (Å²) in [5.74, 6) is 7.47. The van der Waals surface area contributed by atoms with Crippen LogP contribution in [-0.4, -0.2) is 49.1 Å². The second-order valence-corrected chi connectivity index (χ2v) is 18.0. The molecule has 8 aliphatic rings. The number of benzene rings is 2. The molecule has 0 spiro atoms. The lowest BCUT2D eigenvalue weighted by Crippen LogP contribution is -2.59. The van der Waals surface area contributed by atoms with E-state index in [1.54, 1.807) is 7.11 Å². The van der Waals surface area contributed by atoms with Crippen LogP contribution in [0.4, 0.5) is 0 Å². The van der Waals surface area contributed by atoms with Crippen LogP contribution < -0.4 is 15.4 Å². The van der Waals surface area contributed by atoms with Gasteiger partial charge >= 0.3 is 0 Å². The molecule has 284 valence electrons. The number of aryl methyl sites for hydroxylation is 2. The number of hydrogen-bond acceptors (Lipinski definition) is 5. The lowest BCUT2D eigenvalue weighted by molar-refractivity contribution is -0.0171. The fourth-order valence-corrected chi connectivity index (χ4v) is 12.7. The molecule has 12 rings (SSSR count). The van der Waals surface area contributed by atoms with Gasteiger partial charge in [-0.1, -0.05) is 31.2 Å². The third-order valence-electron chi connectivity index (χ3n) is 14.0. The average molecular weight is 729 g/mol. The number of ether oxygens (including phenoxy) is 1. The van der Waals surface area contributed by atoms with E-state index in [2.05, 4.69) is 44.2 Å². The van der Waals surface area contributed by atoms with Crippen LogP contribution in [0.2, 0.25) is 0 Å². The van der Waals surface area contributed by atoms with E-state index in [1.807, 2.05) is 67.1 Å². The lowest BCUT2D eigenvalue weighted by Gasteiger charge is -2.56. The van der Waals surface area contributed by atoms with Crippen molar-refractivity contribution in [2.75, 3.05) is 7.11 Å². The first-order valence-electron chi connectivity index (χ1n) is 20.6. The number of hydrogen-bond donors (Lipinski definition) is 2. The molecular formula is C45H56N6O3. The third-order valence-corrected chi connectivity index (χ3v) is 14.0. The molecule has 8 bridgehead atoms. The number of methoxy groups -OCH3 is 1. The Morgan fingerprint density at radius 3 is 1.76 bits per heavy atom. The smallest absolute Gasteiger partial charge is 0.272 e. The van der Waals surface area contributed by atoms with Crippen molar-refractivity contribution in [3.63, 3.8) is 0 Å². The van der Waals surface area contributed by atoms with Gasteiger partial charge in [-0.25, -0.2) is 9.97 Å². The maximum Gasteiger partial charge on any atom is 0.272 e. The lowest BCUT2D eigenvalue weighted by atomic mass is 9.53. The zero-order valence-corrected chi connectivity index (χ0v) is 32.4. The molecule has 2 N–H and O–H groups in total. The summed E-state index contributed by atoms with van der Waals surface area (Å²) in [6.07, 6.45) is 18.0. The number of amides is 2. The number of rotatable bonds is 8. The largest absolute Gasteiger partial charge is 0.497 e. The summed E-state index contributed by atoms with van der Waals surface area (Å²) >= 11 is 0. The van der Waals surface area contributed by atoms with Crippen LogP contribution in [0.3, 0.4) is 0 Å². The summed E-state index contributed by atoms with van der Waals surface area (Å²) in [5.41, 5.74) is 4.06. The first kappa shape index (κ1) is 35.3. The van der Waals surface area contributed by atoms with Crippen LogP contribution in [0, 0.1) is 49.4 Å². The first-order chi connectivity index (χ1) is 26.1. The van der Waals surface area contributed by atoms with E-state index in [4.69, 9.17) is 4.74 Å². The van der Waals surface area contributed by atoms with Crippen LogP contribution in [0.5, 0.6) is 5.75 Å². The van der Waals surface area contributed by atoms with E-state index in [0.717, 1.165) is 95.7 Å². The first-order valence-corrected chi connectivity index (χ1v) is 20.6. The zero-order chi connectivity index (χ0) is 37.2. The molecule has 8 aliphatic carbocycles. The van der Waals surface area contributed by atoms with Gasteiger partial charge in [-0.05, 0) is 151 Å². The number of aromatic nitrogens is 4. The maximum atomic E-state index is 13.3. The van der Waals surface area contributed by atoms with Gasteiger partial charge in [0.15, 0.2) is 0 Å². The number of carbonyl (C=O) groups is 2. The standard InChI is InChI=1S/C23H29N3O2.C22H27N3O/c1-14-21(24-15(2)26(14)19-5-4-6-20(10-19)28-3)22(27)25-23-11-16-7-17(12-23)9-18(8-16)13-23;1-2-20-23-19(14-25(20)18-6-4-3-5-7-18)21(26)24-22-11-15-8-16(12-22)10-17(9-15)13-22/h4-6,10,16-18H,7-9,11-13H2,1-3H3,(H,25,27);3-7,14-17H,2,8-13H2,1H3,(H,24,26). The molecule has 0 saturated heterocycles. The molecule has 8 saturated carbocycles. The van der Waals surface area contributed by atoms with Gasteiger partial charge in [-0.15, -0.1) is 0 Å². The van der Waals surface area contributed by atoms with E-state index >= 15 is 0 Å². The molecule has 2 aromatic heterocycles. The summed E-state index contributed by atoms with van der Waals surface area (Å²) in [7, 11) is 1.66. The number of imidazole rings is 2. The van der Waals surface area contributed by atoms with Crippen LogP contribution in [0.15, 0.2) is 60.8 Å². The fourth-order valence-electron chi connectivity index (χ4n) is 12.7. The van der Waals surface area contributed by atoms with Gasteiger partial charge in [0.2, 0.25) is 0 Å². The van der Waals surface area contributed by atoms with Crippen molar-refractivity contribution in [1.29, 1.82) is 0 Å². The van der Waals surface area contributed by atoms with Gasteiger partial charge in [-0.3, -0.25) is 9.59 Å². The fraction of sp³-hybridized carbons (Fsp3) is 0.556. The second-order valence-electron chi connectivity index (χ2n) is 18.0. The molecular weight excluding hydrogens is 673 g/mol. The van der Waals surface area contributed by atoms with E-state index in [0.29, 0.717) is 11.4 Å². The molecule has 8 fully saturated rings. The topological polar surface area (TPSA) is 103 Å². The Kier molecular flexibility index (Phi) is 8.97. The molecule has 2 amide bonds. The van der Waals surface area contributed by atoms with Gasteiger partial charge in [0.1, 0.15) is 28.8 Å². The molecule has 4 aromatic rings. The van der Waals surface area contributed by atoms with Crippen LogP contribution in [0.25, 0.3) is 11.4 Å². The minimum absolute atomic E-state index is 0.00588. The highest BCUT2D eigenvalue weighted by Crippen LogP contribution is 2.56. The number of nitrogens with zero attached hydrogens (tertiary/aromatic N) is 4. The summed E-state index contributed by atoms with van der Waals surface area (Å²) in [6, 6.07) is 18.0. The van der Waals surface area contributed by atoms with Crippen LogP contribution in [0.1, 0.15) is 122 Å². The van der Waals surface area contributed by atoms with E-state index < -0.39 is 0 Å². The van der Waals surface area contributed by atoms with E-state index in [1.165, 1.54) is 57.8 Å². The summed E-state index contributed by atoms with van der Waals surface area (Å²) < 4.78 is 9.45. The Hall–Kier alpha value is -4.40. The monoisotopic (exact) mass is 728 g/mol. The predicted molar refractivity (Wildman–Crippen MR) is 209 cm³/mol. The quantitative estimate of drug-likeness (QED) is 0.190. The van der Waals surface area contributed by atoms with E-state index in [-0.39, 0.29) is 22.9 Å². The van der Waals surface area contributed by atoms with Crippen molar-refractivity contribution >= 4 is 11.8 Å². The molecule has 2 aromatic carbocycles. The summed E-state index contributed by atoms with van der Waals surface area (Å²) in [6.45, 7) is 6.02. The Bertz CT molecular complexity index is 1970. The van der Waals surface area contributed by atoms with Crippen molar-refractivity contribution in [3.05, 3.63) is 89.5 Å². The Morgan fingerprint density at radius 1 is 0.722 bits per heavy atom. The normalized spacial score (nSPS) is 31.2. The number of nitrogens with one attached hydrogen (secondary N) is 2. The van der Waals surface area contributed by atoms with E-state index in [9.17, 15) is 9.59 Å². The SMILES string of the molecule is CCc1nc(C(=O)NC23CC4CC(CC(C4)C2)C3)cn1-c1ccccc1.COc1cccc(-n2c(C)nc(C(=O)NC34CC5CC(CC(C5)C3)C4)c2C)c1. The van der Waals surface area contributed by atoms with Crippen molar-refractivity contribution in [2.45, 2.75) is 115 Å². The van der Waals surface area contributed by atoms with Crippen molar-refractivity contribution in [1.82, 2.24) is 29.7 Å². The van der Waals surface area contributed by atoms with Crippen molar-refractivity contribution in [2.24, 2.45) is 35.5 Å². The maximum absolute atomic E-state index is 13.3. The molecule has 0 radical (unpaired) electrons. The molecule has 2 heterocycles. The number of para-hydroxylation sites is 1. The molecule has 0 atom stereocenters. The Balaban J connectivity index is 0.000000143. The van der Waals surface area contributed by atoms with Crippen molar-refractivity contribution in [3.8, 4) is 17.1 Å². The highest BCUT2D eigenvalue weighted by atomic mass is 16.5. The highest BCUT2D eigenvalue weighted by molar-refractivity contribution is 5.94. The minimum atomic E-state index is -0.0100. The molecule has 9 heteroatoms. The third kappa shape index (κ3) is 6.55. The van der Waals surface area contributed by atoms with Crippen LogP contribution in [-0.2, 0) is 6.42 Å². The summed E-state index contributed by atoms with van der Waals surface area (Å²) in [4.78, 5) is 35.6. The van der Waals surface area contributed by atoms with Gasteiger partial charge in [-0.2, -0.15) is 0 Å². The average Bonchev–Trinajstić information content (AvgIpc) is 3.71. The number of carbonyl (C=O) groups excluding carboxylic acids is 2. The molecule has 0 aliphatic heterocycles. The predicted octanol–water partition coefficient (Wildman–Crippen LogP) is 8.33. The zero-order valence-electron chi connectivity index (χ0n) is 32.4. The van der Waals surface area contributed by atoms with Crippen molar-refractivity contribution < 1.29 is 14.3 Å². The molecule has 54 heavy (non-hydrogen) atoms. The molecule has 0 unspecified atom stereocenters. The second kappa shape index (κ2) is 13.7. The molecule has 9 nitrogen and oxygen atoms in total. The van der Waals surface area contributed by atoms with Gasteiger partial charge in [0.25, 0.3) is 11.8 Å². The Morgan fingerprint density at radius 2 is 1.24 bits per heavy atom. The van der Waals surface area contributed by atoms with Gasteiger partial charge < -0.3 is 24.5 Å². The minimum Gasteiger partial charge on any atom is -0.497 e. The summed E-state index contributed by atoms with van der Waals surface area (Å²) in [5, 5.41) is 6.90. The Labute approximate surface area is 319 Å². The van der Waals surface area contributed by atoms with Gasteiger partial charge in [0.05, 0.1) is 18.5 Å².